The van der Waals surface area contributed by atoms with Crippen molar-refractivity contribution >= 4 is 12.0 Å². The van der Waals surface area contributed by atoms with Gasteiger partial charge in [-0.3, -0.25) is 4.79 Å². The monoisotopic (exact) mass is 386 g/mol. The van der Waals surface area contributed by atoms with Crippen LogP contribution in [0.2, 0.25) is 0 Å². The van der Waals surface area contributed by atoms with E-state index in [1.54, 1.807) is 0 Å². The van der Waals surface area contributed by atoms with E-state index in [-0.39, 0.29) is 18.1 Å². The van der Waals surface area contributed by atoms with Crippen molar-refractivity contribution in [3.63, 3.8) is 0 Å². The molecule has 3 rings (SSSR count). The molecule has 6 nitrogen and oxygen atoms in total. The van der Waals surface area contributed by atoms with Gasteiger partial charge in [-0.15, -0.1) is 0 Å². The van der Waals surface area contributed by atoms with Crippen LogP contribution in [-0.2, 0) is 9.53 Å². The van der Waals surface area contributed by atoms with Crippen LogP contribution in [0.4, 0.5) is 4.79 Å². The fraction of sp³-hybridized carbons (Fsp3) is 0.545. The Hall–Kier alpha value is -2.50. The fourth-order valence-corrected chi connectivity index (χ4v) is 3.82. The first-order valence-corrected chi connectivity index (χ1v) is 10.2. The van der Waals surface area contributed by atoms with Gasteiger partial charge in [0.15, 0.2) is 0 Å². The van der Waals surface area contributed by atoms with E-state index < -0.39 is 12.0 Å². The van der Waals surface area contributed by atoms with Crippen LogP contribution in [-0.4, -0.2) is 24.7 Å². The number of carbonyl (C=O) groups excluding carboxylic acids is 2. The number of nitrogens with one attached hydrogen (secondary N) is 2. The Morgan fingerprint density at radius 3 is 2.50 bits per heavy atom. The van der Waals surface area contributed by atoms with Gasteiger partial charge in [0.05, 0.1) is 12.6 Å². The highest BCUT2D eigenvalue weighted by atomic mass is 16.5. The third-order valence-electron chi connectivity index (χ3n) is 5.48. The molecular formula is C22H30N2O4. The fourth-order valence-electron chi connectivity index (χ4n) is 3.82. The molecule has 2 aliphatic rings. The Morgan fingerprint density at radius 2 is 1.86 bits per heavy atom. The number of esters is 1. The lowest BCUT2D eigenvalue weighted by atomic mass is 9.87. The number of ether oxygens (including phenoxy) is 2. The van der Waals surface area contributed by atoms with Crippen molar-refractivity contribution in [3.8, 4) is 5.75 Å². The normalized spacial score (nSPS) is 27.5. The van der Waals surface area contributed by atoms with E-state index in [2.05, 4.69) is 24.1 Å². The van der Waals surface area contributed by atoms with E-state index in [1.165, 1.54) is 0 Å². The first kappa shape index (κ1) is 20.2. The van der Waals surface area contributed by atoms with Crippen molar-refractivity contribution in [2.24, 2.45) is 11.8 Å². The first-order valence-electron chi connectivity index (χ1n) is 10.2. The van der Waals surface area contributed by atoms with E-state index in [1.807, 2.05) is 31.2 Å². The van der Waals surface area contributed by atoms with Gasteiger partial charge in [-0.25, -0.2) is 4.79 Å². The Morgan fingerprint density at radius 1 is 1.18 bits per heavy atom. The molecule has 1 aliphatic heterocycles. The number of carbonyl (C=O) groups is 2. The zero-order valence-electron chi connectivity index (χ0n) is 16.7. The second-order valence-corrected chi connectivity index (χ2v) is 7.82. The van der Waals surface area contributed by atoms with Gasteiger partial charge in [0.2, 0.25) is 0 Å². The highest BCUT2D eigenvalue weighted by Gasteiger charge is 2.40. The summed E-state index contributed by atoms with van der Waals surface area (Å²) in [6.07, 6.45) is 4.79. The summed E-state index contributed by atoms with van der Waals surface area (Å²) in [7, 11) is 0. The van der Waals surface area contributed by atoms with Crippen molar-refractivity contribution in [2.45, 2.75) is 58.1 Å². The highest BCUT2D eigenvalue weighted by molar-refractivity contribution is 5.85. The minimum Gasteiger partial charge on any atom is -0.494 e. The van der Waals surface area contributed by atoms with Crippen LogP contribution in [0.3, 0.4) is 0 Å². The van der Waals surface area contributed by atoms with Crippen molar-refractivity contribution in [1.29, 1.82) is 0 Å². The summed E-state index contributed by atoms with van der Waals surface area (Å²) in [6.45, 7) is 8.83. The third-order valence-corrected chi connectivity index (χ3v) is 5.48. The lowest BCUT2D eigenvalue weighted by Gasteiger charge is -2.35. The Balaban J connectivity index is 1.73. The lowest BCUT2D eigenvalue weighted by Crippen LogP contribution is -2.51. The quantitative estimate of drug-likeness (QED) is 0.722. The molecule has 28 heavy (non-hydrogen) atoms. The van der Waals surface area contributed by atoms with Gasteiger partial charge >= 0.3 is 12.0 Å². The maximum atomic E-state index is 13.0. The molecule has 0 radical (unpaired) electrons. The summed E-state index contributed by atoms with van der Waals surface area (Å²) in [5, 5.41) is 5.47. The van der Waals surface area contributed by atoms with Crippen molar-refractivity contribution < 1.29 is 19.1 Å². The number of hydrogen-bond acceptors (Lipinski definition) is 4. The summed E-state index contributed by atoms with van der Waals surface area (Å²) in [6, 6.07) is 6.57. The minimum atomic E-state index is -0.667. The summed E-state index contributed by atoms with van der Waals surface area (Å²) in [4.78, 5) is 25.0. The molecule has 2 N–H and O–H groups in total. The summed E-state index contributed by atoms with van der Waals surface area (Å²) in [5.74, 6) is 0.440. The summed E-state index contributed by atoms with van der Waals surface area (Å²) < 4.78 is 11.4. The van der Waals surface area contributed by atoms with Gasteiger partial charge in [-0.2, -0.15) is 0 Å². The Labute approximate surface area is 166 Å². The molecule has 0 spiro atoms. The molecule has 2 fully saturated rings. The molecule has 1 aromatic rings. The van der Waals surface area contributed by atoms with Gasteiger partial charge in [-0.1, -0.05) is 32.6 Å². The average Bonchev–Trinajstić information content (AvgIpc) is 2.68. The van der Waals surface area contributed by atoms with Crippen LogP contribution in [0, 0.1) is 11.8 Å². The van der Waals surface area contributed by atoms with E-state index in [0.29, 0.717) is 18.2 Å². The standard InChI is InChI=1S/C22H30N2O4/c1-4-13-27-17-11-7-16(8-12-17)20-19(15(3)23-22(26)24-20)21(25)28-18-9-5-14(2)6-10-18/h7-8,11-12,14,18-20H,3-6,9-10,13H2,1-2H3,(H2,23,24,26)/t14?,18?,19-,20+/m1/s1. The van der Waals surface area contributed by atoms with Gasteiger partial charge in [0.1, 0.15) is 17.8 Å². The molecule has 1 aromatic carbocycles. The molecular weight excluding hydrogens is 356 g/mol. The molecule has 2 atom stereocenters. The number of rotatable bonds is 6. The molecule has 1 saturated heterocycles. The molecule has 1 heterocycles. The predicted molar refractivity (Wildman–Crippen MR) is 107 cm³/mol. The summed E-state index contributed by atoms with van der Waals surface area (Å²) >= 11 is 0. The molecule has 0 bridgehead atoms. The van der Waals surface area contributed by atoms with Crippen molar-refractivity contribution in [2.75, 3.05) is 6.61 Å². The second-order valence-electron chi connectivity index (χ2n) is 7.82. The maximum absolute atomic E-state index is 13.0. The Bertz CT molecular complexity index is 708. The van der Waals surface area contributed by atoms with E-state index in [4.69, 9.17) is 9.47 Å². The van der Waals surface area contributed by atoms with Crippen molar-refractivity contribution in [1.82, 2.24) is 10.6 Å². The van der Waals surface area contributed by atoms with E-state index in [9.17, 15) is 9.59 Å². The molecule has 1 aliphatic carbocycles. The minimum absolute atomic E-state index is 0.0559. The molecule has 0 unspecified atom stereocenters. The smallest absolute Gasteiger partial charge is 0.319 e. The largest absolute Gasteiger partial charge is 0.494 e. The lowest BCUT2D eigenvalue weighted by molar-refractivity contribution is -0.155. The second kappa shape index (κ2) is 9.13. The van der Waals surface area contributed by atoms with E-state index in [0.717, 1.165) is 43.4 Å². The van der Waals surface area contributed by atoms with Crippen LogP contribution >= 0.6 is 0 Å². The molecule has 2 amide bonds. The van der Waals surface area contributed by atoms with Gasteiger partial charge < -0.3 is 20.1 Å². The van der Waals surface area contributed by atoms with Crippen LogP contribution < -0.4 is 15.4 Å². The molecule has 0 aromatic heterocycles. The molecule has 1 saturated carbocycles. The topological polar surface area (TPSA) is 76.7 Å². The number of amides is 2. The Kier molecular flexibility index (Phi) is 6.60. The van der Waals surface area contributed by atoms with Gasteiger partial charge in [0, 0.05) is 5.70 Å². The van der Waals surface area contributed by atoms with Gasteiger partial charge in [0.25, 0.3) is 0 Å². The van der Waals surface area contributed by atoms with Crippen LogP contribution in [0.5, 0.6) is 5.75 Å². The summed E-state index contributed by atoms with van der Waals surface area (Å²) in [5.41, 5.74) is 1.19. The zero-order valence-corrected chi connectivity index (χ0v) is 16.7. The molecule has 152 valence electrons. The van der Waals surface area contributed by atoms with Crippen LogP contribution in [0.1, 0.15) is 57.6 Å². The highest BCUT2D eigenvalue weighted by Crippen LogP contribution is 2.33. The zero-order chi connectivity index (χ0) is 20.1. The SMILES string of the molecule is C=C1NC(=O)N[C@@H](c2ccc(OCCC)cc2)[C@@H]1C(=O)OC1CCC(C)CC1. The number of urea groups is 1. The van der Waals surface area contributed by atoms with Crippen molar-refractivity contribution in [3.05, 3.63) is 42.1 Å². The van der Waals surface area contributed by atoms with Crippen LogP contribution in [0.25, 0.3) is 0 Å². The average molecular weight is 386 g/mol. The predicted octanol–water partition coefficient (Wildman–Crippen LogP) is 4.08. The first-order chi connectivity index (χ1) is 13.5. The third kappa shape index (κ3) is 4.86. The number of benzene rings is 1. The van der Waals surface area contributed by atoms with Gasteiger partial charge in [-0.05, 0) is 55.7 Å². The number of hydrogen-bond donors (Lipinski definition) is 2. The maximum Gasteiger partial charge on any atom is 0.319 e. The molecule has 6 heteroatoms. The van der Waals surface area contributed by atoms with Crippen LogP contribution in [0.15, 0.2) is 36.5 Å². The van der Waals surface area contributed by atoms with E-state index >= 15 is 0 Å².